The quantitative estimate of drug-likeness (QED) is 0.568. The first-order chi connectivity index (χ1) is 7.01. The van der Waals surface area contributed by atoms with Crippen LogP contribution >= 0.6 is 0 Å². The van der Waals surface area contributed by atoms with Gasteiger partial charge in [0.1, 0.15) is 6.04 Å². The summed E-state index contributed by atoms with van der Waals surface area (Å²) in [7, 11) is 0. The van der Waals surface area contributed by atoms with Gasteiger partial charge in [-0.05, 0) is 18.5 Å². The Morgan fingerprint density at radius 3 is 2.47 bits per heavy atom. The fourth-order valence-corrected chi connectivity index (χ4v) is 1.16. The van der Waals surface area contributed by atoms with Crippen LogP contribution in [-0.4, -0.2) is 24.4 Å². The standard InChI is InChI=1S/C10H19N3O2/c1-4-12-10(15)8(5-7(2)3)13-9(14)6-11/h4,7-8H,1,5-6,11H2,2-3H3,(H,12,15)(H,13,14). The van der Waals surface area contributed by atoms with Crippen LogP contribution in [0.15, 0.2) is 12.8 Å². The van der Waals surface area contributed by atoms with E-state index in [4.69, 9.17) is 5.73 Å². The van der Waals surface area contributed by atoms with Crippen LogP contribution in [-0.2, 0) is 9.59 Å². The molecule has 0 aliphatic carbocycles. The van der Waals surface area contributed by atoms with Gasteiger partial charge in [-0.15, -0.1) is 0 Å². The first-order valence-corrected chi connectivity index (χ1v) is 4.92. The van der Waals surface area contributed by atoms with Crippen molar-refractivity contribution in [3.63, 3.8) is 0 Å². The Kier molecular flexibility index (Phi) is 6.37. The third-order valence-corrected chi connectivity index (χ3v) is 1.79. The lowest BCUT2D eigenvalue weighted by atomic mass is 10.0. The molecule has 15 heavy (non-hydrogen) atoms. The number of amides is 2. The summed E-state index contributed by atoms with van der Waals surface area (Å²) in [4.78, 5) is 22.6. The van der Waals surface area contributed by atoms with Crippen LogP contribution in [0.4, 0.5) is 0 Å². The number of hydrogen-bond donors (Lipinski definition) is 3. The highest BCUT2D eigenvalue weighted by Gasteiger charge is 2.20. The van der Waals surface area contributed by atoms with E-state index < -0.39 is 6.04 Å². The van der Waals surface area contributed by atoms with Crippen LogP contribution in [0.2, 0.25) is 0 Å². The topological polar surface area (TPSA) is 84.2 Å². The SMILES string of the molecule is C=CNC(=O)C(CC(C)C)NC(=O)CN. The number of rotatable bonds is 6. The Morgan fingerprint density at radius 1 is 1.47 bits per heavy atom. The van der Waals surface area contributed by atoms with Crippen molar-refractivity contribution in [2.75, 3.05) is 6.54 Å². The van der Waals surface area contributed by atoms with E-state index in [-0.39, 0.29) is 18.4 Å². The molecular weight excluding hydrogens is 194 g/mol. The summed E-state index contributed by atoms with van der Waals surface area (Å²) in [6.45, 7) is 7.23. The van der Waals surface area contributed by atoms with Crippen molar-refractivity contribution in [2.45, 2.75) is 26.3 Å². The normalized spacial score (nSPS) is 12.0. The predicted octanol–water partition coefficient (Wildman–Crippen LogP) is -0.264. The minimum absolute atomic E-state index is 0.115. The van der Waals surface area contributed by atoms with Crippen molar-refractivity contribution in [1.82, 2.24) is 10.6 Å². The Hall–Kier alpha value is -1.36. The lowest BCUT2D eigenvalue weighted by Crippen LogP contribution is -2.47. The minimum atomic E-state index is -0.543. The highest BCUT2D eigenvalue weighted by Crippen LogP contribution is 2.04. The molecule has 5 nitrogen and oxygen atoms in total. The van der Waals surface area contributed by atoms with Crippen molar-refractivity contribution in [2.24, 2.45) is 11.7 Å². The van der Waals surface area contributed by atoms with Gasteiger partial charge in [0.05, 0.1) is 6.54 Å². The number of carbonyl (C=O) groups is 2. The first kappa shape index (κ1) is 13.6. The molecule has 0 aromatic rings. The molecule has 0 aliphatic rings. The van der Waals surface area contributed by atoms with Crippen molar-refractivity contribution in [1.29, 1.82) is 0 Å². The summed E-state index contributed by atoms with van der Waals surface area (Å²) in [6.07, 6.45) is 1.87. The fourth-order valence-electron chi connectivity index (χ4n) is 1.16. The molecule has 0 heterocycles. The summed E-state index contributed by atoms with van der Waals surface area (Å²) >= 11 is 0. The van der Waals surface area contributed by atoms with Gasteiger partial charge in [0.25, 0.3) is 0 Å². The molecule has 0 spiro atoms. The predicted molar refractivity (Wildman–Crippen MR) is 58.8 cm³/mol. The van der Waals surface area contributed by atoms with E-state index in [1.807, 2.05) is 13.8 Å². The van der Waals surface area contributed by atoms with Gasteiger partial charge in [0.2, 0.25) is 11.8 Å². The van der Waals surface area contributed by atoms with Crippen LogP contribution < -0.4 is 16.4 Å². The van der Waals surface area contributed by atoms with Crippen LogP contribution in [0.5, 0.6) is 0 Å². The van der Waals surface area contributed by atoms with E-state index in [0.29, 0.717) is 12.3 Å². The van der Waals surface area contributed by atoms with Gasteiger partial charge >= 0.3 is 0 Å². The Balaban J connectivity index is 4.35. The maximum absolute atomic E-state index is 11.5. The molecule has 5 heteroatoms. The minimum Gasteiger partial charge on any atom is -0.343 e. The molecule has 4 N–H and O–H groups in total. The van der Waals surface area contributed by atoms with E-state index in [2.05, 4.69) is 17.2 Å². The highest BCUT2D eigenvalue weighted by atomic mass is 16.2. The van der Waals surface area contributed by atoms with Crippen molar-refractivity contribution < 1.29 is 9.59 Å². The zero-order valence-corrected chi connectivity index (χ0v) is 9.25. The Bertz CT molecular complexity index is 239. The fraction of sp³-hybridized carbons (Fsp3) is 0.600. The number of nitrogens with one attached hydrogen (secondary N) is 2. The third kappa shape index (κ3) is 5.85. The summed E-state index contributed by atoms with van der Waals surface area (Å²) < 4.78 is 0. The van der Waals surface area contributed by atoms with E-state index in [1.54, 1.807) is 0 Å². The second kappa shape index (κ2) is 7.00. The number of carbonyl (C=O) groups excluding carboxylic acids is 2. The molecule has 86 valence electrons. The van der Waals surface area contributed by atoms with Crippen LogP contribution in [0.3, 0.4) is 0 Å². The zero-order valence-electron chi connectivity index (χ0n) is 9.25. The third-order valence-electron chi connectivity index (χ3n) is 1.79. The van der Waals surface area contributed by atoms with E-state index in [1.165, 1.54) is 6.20 Å². The smallest absolute Gasteiger partial charge is 0.246 e. The van der Waals surface area contributed by atoms with Gasteiger partial charge in [-0.2, -0.15) is 0 Å². The van der Waals surface area contributed by atoms with Gasteiger partial charge < -0.3 is 16.4 Å². The maximum Gasteiger partial charge on any atom is 0.246 e. The Labute approximate surface area is 90.1 Å². The Morgan fingerprint density at radius 2 is 2.07 bits per heavy atom. The van der Waals surface area contributed by atoms with Crippen molar-refractivity contribution in [3.05, 3.63) is 12.8 Å². The van der Waals surface area contributed by atoms with Crippen LogP contribution in [0.1, 0.15) is 20.3 Å². The van der Waals surface area contributed by atoms with Gasteiger partial charge in [-0.25, -0.2) is 0 Å². The molecule has 0 rings (SSSR count). The highest BCUT2D eigenvalue weighted by molar-refractivity contribution is 5.88. The van der Waals surface area contributed by atoms with Crippen LogP contribution in [0, 0.1) is 5.92 Å². The molecule has 0 saturated heterocycles. The van der Waals surface area contributed by atoms with Gasteiger partial charge in [0.15, 0.2) is 0 Å². The second-order valence-corrected chi connectivity index (χ2v) is 3.67. The summed E-state index contributed by atoms with van der Waals surface area (Å²) in [6, 6.07) is -0.543. The molecule has 0 aromatic carbocycles. The number of hydrogen-bond acceptors (Lipinski definition) is 3. The molecule has 0 radical (unpaired) electrons. The average Bonchev–Trinajstić information content (AvgIpc) is 2.16. The van der Waals surface area contributed by atoms with Crippen molar-refractivity contribution >= 4 is 11.8 Å². The van der Waals surface area contributed by atoms with Gasteiger partial charge in [-0.3, -0.25) is 9.59 Å². The second-order valence-electron chi connectivity index (χ2n) is 3.67. The molecule has 0 fully saturated rings. The molecule has 1 unspecified atom stereocenters. The lowest BCUT2D eigenvalue weighted by molar-refractivity contribution is -0.128. The maximum atomic E-state index is 11.5. The molecule has 0 bridgehead atoms. The molecule has 0 aliphatic heterocycles. The van der Waals surface area contributed by atoms with E-state index in [9.17, 15) is 9.59 Å². The summed E-state index contributed by atoms with van der Waals surface area (Å²) in [5.41, 5.74) is 5.16. The van der Waals surface area contributed by atoms with Gasteiger partial charge in [-0.1, -0.05) is 20.4 Å². The molecule has 2 amide bonds. The zero-order chi connectivity index (χ0) is 11.8. The average molecular weight is 213 g/mol. The first-order valence-electron chi connectivity index (χ1n) is 4.92. The van der Waals surface area contributed by atoms with Crippen LogP contribution in [0.25, 0.3) is 0 Å². The largest absolute Gasteiger partial charge is 0.343 e. The molecular formula is C10H19N3O2. The van der Waals surface area contributed by atoms with Gasteiger partial charge in [0, 0.05) is 0 Å². The van der Waals surface area contributed by atoms with Crippen molar-refractivity contribution in [3.8, 4) is 0 Å². The molecule has 0 aromatic heterocycles. The lowest BCUT2D eigenvalue weighted by Gasteiger charge is -2.18. The monoisotopic (exact) mass is 213 g/mol. The summed E-state index contributed by atoms with van der Waals surface area (Å²) in [5.74, 6) is -0.288. The van der Waals surface area contributed by atoms with E-state index >= 15 is 0 Å². The van der Waals surface area contributed by atoms with E-state index in [0.717, 1.165) is 0 Å². The molecule has 0 saturated carbocycles. The number of nitrogens with two attached hydrogens (primary N) is 1. The summed E-state index contributed by atoms with van der Waals surface area (Å²) in [5, 5.41) is 5.01. The molecule has 1 atom stereocenters.